The van der Waals surface area contributed by atoms with Crippen LogP contribution < -0.4 is 22.8 Å². The molecular formula is C75H90N5+5. The Balaban J connectivity index is 0.000000161. The SMILES string of the molecule is Cc1ccc(-c2c(C)ccc[n+]2C)c(C)c1.Cc1ccc(C)c(-c2cccc[n+]2C)c1C.Cc1ccc(C)c(-c2cccc[n+]2C)c1C.Cc1cccc(-c2c(C)ccc[n+]2C)c1C.Cc1cccc(-c2c(C)ccc[n+]2C)c1C. The lowest BCUT2D eigenvalue weighted by molar-refractivity contribution is -0.660. The molecule has 0 N–H and O–H groups in total. The number of hydrogen-bond acceptors (Lipinski definition) is 0. The zero-order chi connectivity index (χ0) is 58.5. The molecule has 10 rings (SSSR count). The van der Waals surface area contributed by atoms with Crippen molar-refractivity contribution in [3.8, 4) is 56.3 Å². The van der Waals surface area contributed by atoms with Crippen LogP contribution in [-0.2, 0) is 35.2 Å². The van der Waals surface area contributed by atoms with Crippen LogP contribution in [0.4, 0.5) is 0 Å². The first-order valence-corrected chi connectivity index (χ1v) is 28.1. The highest BCUT2D eigenvalue weighted by atomic mass is 14.9. The summed E-state index contributed by atoms with van der Waals surface area (Å²) in [7, 11) is 10.5. The van der Waals surface area contributed by atoms with Gasteiger partial charge in [-0.3, -0.25) is 0 Å². The van der Waals surface area contributed by atoms with E-state index >= 15 is 0 Å². The van der Waals surface area contributed by atoms with E-state index in [1.807, 2.05) is 0 Å². The van der Waals surface area contributed by atoms with Crippen molar-refractivity contribution >= 4 is 0 Å². The van der Waals surface area contributed by atoms with E-state index in [4.69, 9.17) is 0 Å². The summed E-state index contributed by atoms with van der Waals surface area (Å²) in [5, 5.41) is 0. The zero-order valence-electron chi connectivity index (χ0n) is 52.1. The smallest absolute Gasteiger partial charge is 0.201 e. The van der Waals surface area contributed by atoms with Crippen molar-refractivity contribution in [2.45, 2.75) is 104 Å². The summed E-state index contributed by atoms with van der Waals surface area (Å²) >= 11 is 0. The number of aromatic nitrogens is 5. The van der Waals surface area contributed by atoms with Crippen molar-refractivity contribution in [3.63, 3.8) is 0 Å². The molecule has 0 saturated carbocycles. The van der Waals surface area contributed by atoms with Crippen molar-refractivity contribution in [3.05, 3.63) is 266 Å². The van der Waals surface area contributed by atoms with E-state index in [9.17, 15) is 0 Å². The van der Waals surface area contributed by atoms with Gasteiger partial charge < -0.3 is 0 Å². The molecule has 5 nitrogen and oxygen atoms in total. The summed E-state index contributed by atoms with van der Waals surface area (Å²) < 4.78 is 10.9. The van der Waals surface area contributed by atoms with Crippen LogP contribution in [0.3, 0.4) is 0 Å². The molecule has 5 heteroatoms. The van der Waals surface area contributed by atoms with Gasteiger partial charge in [-0.15, -0.1) is 0 Å². The highest BCUT2D eigenvalue weighted by Crippen LogP contribution is 2.30. The van der Waals surface area contributed by atoms with Crippen LogP contribution in [0.1, 0.15) is 83.5 Å². The van der Waals surface area contributed by atoms with Crippen LogP contribution in [0.5, 0.6) is 0 Å². The molecule has 0 unspecified atom stereocenters. The van der Waals surface area contributed by atoms with Gasteiger partial charge in [-0.2, -0.15) is 0 Å². The highest BCUT2D eigenvalue weighted by molar-refractivity contribution is 5.69. The fourth-order valence-electron chi connectivity index (χ4n) is 10.8. The van der Waals surface area contributed by atoms with Crippen molar-refractivity contribution < 1.29 is 22.8 Å². The maximum absolute atomic E-state index is 2.24. The highest BCUT2D eigenvalue weighted by Gasteiger charge is 2.20. The quantitative estimate of drug-likeness (QED) is 0.153. The lowest BCUT2D eigenvalue weighted by Gasteiger charge is -2.10. The second-order valence-corrected chi connectivity index (χ2v) is 22.1. The van der Waals surface area contributed by atoms with Gasteiger partial charge in [0.05, 0.1) is 11.1 Å². The summed E-state index contributed by atoms with van der Waals surface area (Å²) in [5.41, 5.74) is 33.4. The van der Waals surface area contributed by atoms with Crippen molar-refractivity contribution in [2.24, 2.45) is 35.2 Å². The first kappa shape index (κ1) is 61.1. The second kappa shape index (κ2) is 27.6. The minimum absolute atomic E-state index is 1.28. The Hall–Kier alpha value is -8.15. The first-order chi connectivity index (χ1) is 38.0. The van der Waals surface area contributed by atoms with E-state index in [0.717, 1.165) is 0 Å². The van der Waals surface area contributed by atoms with E-state index in [0.29, 0.717) is 0 Å². The van der Waals surface area contributed by atoms with E-state index in [2.05, 4.69) is 345 Å². The molecule has 410 valence electrons. The van der Waals surface area contributed by atoms with Gasteiger partial charge in [-0.25, -0.2) is 22.8 Å². The Bertz CT molecular complexity index is 3530. The second-order valence-electron chi connectivity index (χ2n) is 22.1. The van der Waals surface area contributed by atoms with Gasteiger partial charge in [-0.05, 0) is 214 Å². The van der Waals surface area contributed by atoms with Crippen LogP contribution in [-0.4, -0.2) is 0 Å². The van der Waals surface area contributed by atoms with Crippen LogP contribution >= 0.6 is 0 Å². The Morgan fingerprint density at radius 2 is 0.550 bits per heavy atom. The average Bonchev–Trinajstić information content (AvgIpc) is 3.42. The third kappa shape index (κ3) is 14.6. The van der Waals surface area contributed by atoms with Crippen molar-refractivity contribution in [1.82, 2.24) is 0 Å². The van der Waals surface area contributed by atoms with E-state index < -0.39 is 0 Å². The lowest BCUT2D eigenvalue weighted by atomic mass is 9.95. The molecule has 0 spiro atoms. The Morgan fingerprint density at radius 1 is 0.225 bits per heavy atom. The fraction of sp³-hybridized carbons (Fsp3) is 0.267. The summed E-state index contributed by atoms with van der Waals surface area (Å²) in [6.07, 6.45) is 10.5. The monoisotopic (exact) mass is 1060 g/mol. The first-order valence-electron chi connectivity index (χ1n) is 28.1. The molecule has 0 radical (unpaired) electrons. The van der Waals surface area contributed by atoms with Crippen molar-refractivity contribution in [1.29, 1.82) is 0 Å². The van der Waals surface area contributed by atoms with Gasteiger partial charge in [-0.1, -0.05) is 66.2 Å². The molecular weight excluding hydrogens is 971 g/mol. The van der Waals surface area contributed by atoms with Gasteiger partial charge in [0, 0.05) is 75.8 Å². The molecule has 0 bridgehead atoms. The molecule has 5 heterocycles. The number of rotatable bonds is 5. The predicted octanol–water partition coefficient (Wildman–Crippen LogP) is 15.5. The topological polar surface area (TPSA) is 19.4 Å². The molecule has 0 aliphatic rings. The molecule has 0 fully saturated rings. The van der Waals surface area contributed by atoms with Gasteiger partial charge >= 0.3 is 0 Å². The Morgan fingerprint density at radius 3 is 0.900 bits per heavy atom. The molecule has 0 aliphatic heterocycles. The summed E-state index contributed by atoms with van der Waals surface area (Å²) in [6.45, 7) is 32.6. The molecule has 0 saturated heterocycles. The number of hydrogen-bond donors (Lipinski definition) is 0. The summed E-state index contributed by atoms with van der Waals surface area (Å²) in [4.78, 5) is 0. The number of benzene rings is 5. The normalized spacial score (nSPS) is 10.5. The third-order valence-corrected chi connectivity index (χ3v) is 16.0. The maximum atomic E-state index is 2.24. The van der Waals surface area contributed by atoms with Gasteiger partial charge in [0.1, 0.15) is 35.2 Å². The zero-order valence-corrected chi connectivity index (χ0v) is 52.1. The van der Waals surface area contributed by atoms with Crippen LogP contribution in [0, 0.1) is 104 Å². The molecule has 0 atom stereocenters. The Kier molecular flexibility index (Phi) is 21.1. The predicted molar refractivity (Wildman–Crippen MR) is 336 cm³/mol. The van der Waals surface area contributed by atoms with E-state index in [1.165, 1.54) is 140 Å². The van der Waals surface area contributed by atoms with E-state index in [-0.39, 0.29) is 0 Å². The van der Waals surface area contributed by atoms with Crippen molar-refractivity contribution in [2.75, 3.05) is 0 Å². The van der Waals surface area contributed by atoms with Gasteiger partial charge in [0.25, 0.3) is 0 Å². The standard InChI is InChI=1S/5C15H18N/c2*1-11-7-5-9-14(13(11)3)15-12(2)8-6-10-16(15)4;1-11-7-8-14(13(3)10-11)15-12(2)6-5-9-16(15)4;2*1-11-8-9-12(2)15(13(11)3)14-7-5-6-10-16(14)4/h5*5-10H,1-4H3/q5*+1. The van der Waals surface area contributed by atoms with Gasteiger partial charge in [0.15, 0.2) is 31.0 Å². The lowest BCUT2D eigenvalue weighted by Crippen LogP contribution is -2.31. The maximum Gasteiger partial charge on any atom is 0.215 e. The fourth-order valence-corrected chi connectivity index (χ4v) is 10.8. The van der Waals surface area contributed by atoms with Gasteiger partial charge in [0.2, 0.25) is 28.5 Å². The number of nitrogens with zero attached hydrogens (tertiary/aromatic N) is 5. The number of pyridine rings is 5. The summed E-state index contributed by atoms with van der Waals surface area (Å²) in [6, 6.07) is 53.8. The molecule has 5 aromatic carbocycles. The molecule has 5 aromatic heterocycles. The molecule has 10 aromatic rings. The largest absolute Gasteiger partial charge is 0.215 e. The molecule has 0 aliphatic carbocycles. The molecule has 0 amide bonds. The minimum atomic E-state index is 1.28. The Labute approximate surface area is 481 Å². The van der Waals surface area contributed by atoms with E-state index in [1.54, 1.807) is 0 Å². The molecule has 80 heavy (non-hydrogen) atoms. The average molecular weight is 1060 g/mol. The summed E-state index contributed by atoms with van der Waals surface area (Å²) in [5.74, 6) is 0. The van der Waals surface area contributed by atoms with Crippen LogP contribution in [0.2, 0.25) is 0 Å². The minimum Gasteiger partial charge on any atom is -0.201 e. The third-order valence-electron chi connectivity index (χ3n) is 16.0. The van der Waals surface area contributed by atoms with Crippen LogP contribution in [0.15, 0.2) is 183 Å². The number of aryl methyl sites for hydroxylation is 16. The van der Waals surface area contributed by atoms with Crippen LogP contribution in [0.25, 0.3) is 56.3 Å².